The predicted octanol–water partition coefficient (Wildman–Crippen LogP) is 4.24. The second-order valence-corrected chi connectivity index (χ2v) is 18.0. The van der Waals surface area contributed by atoms with Gasteiger partial charge in [-0.1, -0.05) is 53.7 Å². The van der Waals surface area contributed by atoms with E-state index in [-0.39, 0.29) is 43.5 Å². The average Bonchev–Trinajstić information content (AvgIpc) is 3.85. The molecule has 0 radical (unpaired) electrons. The second-order valence-electron chi connectivity index (χ2n) is 18.0. The number of benzene rings is 2. The van der Waals surface area contributed by atoms with Gasteiger partial charge in [-0.2, -0.15) is 0 Å². The molecule has 16 heteroatoms. The van der Waals surface area contributed by atoms with Gasteiger partial charge in [0.2, 0.25) is 11.8 Å². The molecule has 4 aliphatic heterocycles. The van der Waals surface area contributed by atoms with Crippen LogP contribution in [0.3, 0.4) is 0 Å². The molecule has 2 aromatic carbocycles. The van der Waals surface area contributed by atoms with Crippen LogP contribution in [0.1, 0.15) is 101 Å². The number of ether oxygens (including phenoxy) is 5. The third-order valence-corrected chi connectivity index (χ3v) is 11.1. The zero-order valence-electron chi connectivity index (χ0n) is 36.4. The minimum absolute atomic E-state index is 0.199. The molecule has 6 atom stereocenters. The van der Waals surface area contributed by atoms with Crippen LogP contribution in [0.25, 0.3) is 0 Å². The number of rotatable bonds is 2. The molecule has 4 amide bonds. The highest BCUT2D eigenvalue weighted by atomic mass is 16.5. The third-order valence-electron chi connectivity index (χ3n) is 11.1. The molecule has 6 rings (SSSR count). The number of hydrogen-bond acceptors (Lipinski definition) is 11. The summed E-state index contributed by atoms with van der Waals surface area (Å²) in [5, 5.41) is 15.4. The van der Waals surface area contributed by atoms with Gasteiger partial charge in [0.25, 0.3) is 11.8 Å². The standard InChI is InChI=1S/C23H32N2O6.C22H30N2O6/c1-23(2,3)19-21(27)25-14-17(13-18(25)22(28)29-4)31-11-6-5-10-30-16-9-7-8-15(12-16)20(26)24-19;1-22(2,3)18-20(26)24-13-16(12-17(24)21(27)28)30-10-5-4-9-29-15-8-6-7-14(11-15)19(25)23-18/h7-9,12,17-19H,5-6,10-11,13-14H2,1-4H3,(H,24,26);6-8,11,16-18H,4-5,9-10,12-13H2,1-3H3,(H,23,25)(H,27,28)/t17-,18+,19-;16-,17+,18-/m11/s1. The Kier molecular flexibility index (Phi) is 15.8. The monoisotopic (exact) mass is 850 g/mol. The predicted molar refractivity (Wildman–Crippen MR) is 223 cm³/mol. The number of amides is 4. The highest BCUT2D eigenvalue weighted by Gasteiger charge is 2.47. The molecule has 8 bridgehead atoms. The molecule has 4 aliphatic rings. The van der Waals surface area contributed by atoms with Crippen molar-refractivity contribution >= 4 is 35.6 Å². The van der Waals surface area contributed by atoms with Gasteiger partial charge in [0.1, 0.15) is 35.7 Å². The first-order valence-electron chi connectivity index (χ1n) is 21.1. The molecule has 2 fully saturated rings. The van der Waals surface area contributed by atoms with E-state index in [0.29, 0.717) is 55.5 Å². The van der Waals surface area contributed by atoms with E-state index in [1.54, 1.807) is 48.5 Å². The molecule has 16 nitrogen and oxygen atoms in total. The molecule has 0 saturated carbocycles. The van der Waals surface area contributed by atoms with Crippen molar-refractivity contribution in [3.63, 3.8) is 0 Å². The first kappa shape index (κ1) is 46.8. The van der Waals surface area contributed by atoms with Crippen molar-refractivity contribution in [2.45, 2.75) is 116 Å². The summed E-state index contributed by atoms with van der Waals surface area (Å²) in [5.74, 6) is -1.84. The molecule has 61 heavy (non-hydrogen) atoms. The summed E-state index contributed by atoms with van der Waals surface area (Å²) in [6.07, 6.45) is 3.12. The fourth-order valence-corrected chi connectivity index (χ4v) is 7.72. The maximum atomic E-state index is 13.6. The van der Waals surface area contributed by atoms with Gasteiger partial charge < -0.3 is 49.2 Å². The van der Waals surface area contributed by atoms with Gasteiger partial charge in [-0.15, -0.1) is 0 Å². The zero-order chi connectivity index (χ0) is 44.5. The summed E-state index contributed by atoms with van der Waals surface area (Å²) in [4.78, 5) is 79.9. The van der Waals surface area contributed by atoms with E-state index in [1.807, 2.05) is 41.5 Å². The van der Waals surface area contributed by atoms with Gasteiger partial charge in [-0.3, -0.25) is 19.2 Å². The lowest BCUT2D eigenvalue weighted by molar-refractivity contribution is -0.152. The van der Waals surface area contributed by atoms with E-state index in [0.717, 1.165) is 25.7 Å². The number of fused-ring (bicyclic) bond motifs is 8. The average molecular weight is 851 g/mol. The number of carboxylic acids is 1. The largest absolute Gasteiger partial charge is 0.494 e. The van der Waals surface area contributed by atoms with Crippen LogP contribution < -0.4 is 20.1 Å². The lowest BCUT2D eigenvalue weighted by Gasteiger charge is -2.35. The van der Waals surface area contributed by atoms with E-state index < -0.39 is 58.8 Å². The lowest BCUT2D eigenvalue weighted by atomic mass is 9.85. The van der Waals surface area contributed by atoms with E-state index in [2.05, 4.69) is 10.6 Å². The highest BCUT2D eigenvalue weighted by molar-refractivity contribution is 6.00. The number of esters is 1. The van der Waals surface area contributed by atoms with Crippen LogP contribution >= 0.6 is 0 Å². The summed E-state index contributed by atoms with van der Waals surface area (Å²) in [5.41, 5.74) is -0.391. The Morgan fingerprint density at radius 3 is 1.48 bits per heavy atom. The number of nitrogens with zero attached hydrogens (tertiary/aromatic N) is 2. The van der Waals surface area contributed by atoms with Gasteiger partial charge in [-0.25, -0.2) is 9.59 Å². The smallest absolute Gasteiger partial charge is 0.328 e. The van der Waals surface area contributed by atoms with Crippen molar-refractivity contribution in [1.29, 1.82) is 0 Å². The molecule has 3 N–H and O–H groups in total. The molecule has 334 valence electrons. The number of carbonyl (C=O) groups excluding carboxylic acids is 5. The van der Waals surface area contributed by atoms with Crippen molar-refractivity contribution in [1.82, 2.24) is 20.4 Å². The minimum Gasteiger partial charge on any atom is -0.494 e. The highest BCUT2D eigenvalue weighted by Crippen LogP contribution is 2.30. The van der Waals surface area contributed by atoms with Crippen LogP contribution in [-0.4, -0.2) is 133 Å². The zero-order valence-corrected chi connectivity index (χ0v) is 36.4. The summed E-state index contributed by atoms with van der Waals surface area (Å²) in [6.45, 7) is 13.6. The topological polar surface area (TPSA) is 199 Å². The van der Waals surface area contributed by atoms with Crippen LogP contribution in [-0.2, 0) is 33.4 Å². The third kappa shape index (κ3) is 12.4. The van der Waals surface area contributed by atoms with Crippen molar-refractivity contribution in [3.05, 3.63) is 59.7 Å². The SMILES string of the molecule is CC(C)(C)[C@@H]1NC(=O)c2cccc(c2)OCCCCO[C@@H]2C[C@@H](C(=O)O)N(C2)C1=O.COC(=O)[C@@H]1C[C@@H]2CN1C(=O)[C@H](C(C)(C)C)NC(=O)c1cccc(c1)OCCCCO2. The Morgan fingerprint density at radius 1 is 0.656 bits per heavy atom. The maximum absolute atomic E-state index is 13.6. The number of hydrogen-bond donors (Lipinski definition) is 3. The molecule has 0 spiro atoms. The summed E-state index contributed by atoms with van der Waals surface area (Å²) >= 11 is 0. The van der Waals surface area contributed by atoms with Crippen LogP contribution in [0.15, 0.2) is 48.5 Å². The second kappa shape index (κ2) is 20.6. The Balaban J connectivity index is 0.000000231. The molecular formula is C45H62N4O12. The summed E-state index contributed by atoms with van der Waals surface area (Å²) in [7, 11) is 1.31. The van der Waals surface area contributed by atoms with E-state index in [9.17, 15) is 33.9 Å². The summed E-state index contributed by atoms with van der Waals surface area (Å²) < 4.78 is 28.2. The Labute approximate surface area is 357 Å². The number of carboxylic acid groups (broad SMARTS) is 1. The van der Waals surface area contributed by atoms with Crippen LogP contribution in [0.2, 0.25) is 0 Å². The number of aliphatic carboxylic acids is 1. The quantitative estimate of drug-likeness (QED) is 0.364. The van der Waals surface area contributed by atoms with Crippen molar-refractivity contribution < 1.29 is 57.6 Å². The van der Waals surface area contributed by atoms with Crippen molar-refractivity contribution in [3.8, 4) is 11.5 Å². The van der Waals surface area contributed by atoms with Crippen LogP contribution in [0.5, 0.6) is 11.5 Å². The number of methoxy groups -OCH3 is 1. The fraction of sp³-hybridized carbons (Fsp3) is 0.600. The van der Waals surface area contributed by atoms with E-state index in [4.69, 9.17) is 23.7 Å². The molecule has 0 aromatic heterocycles. The Hall–Kier alpha value is -5.22. The van der Waals surface area contributed by atoms with Gasteiger partial charge in [-0.05, 0) is 72.9 Å². The number of carbonyl (C=O) groups is 6. The minimum atomic E-state index is -1.06. The van der Waals surface area contributed by atoms with Crippen molar-refractivity contribution in [2.24, 2.45) is 10.8 Å². The lowest BCUT2D eigenvalue weighted by Crippen LogP contribution is -2.57. The molecule has 0 unspecified atom stereocenters. The van der Waals surface area contributed by atoms with Crippen LogP contribution in [0, 0.1) is 10.8 Å². The summed E-state index contributed by atoms with van der Waals surface area (Å²) in [6, 6.07) is 10.3. The van der Waals surface area contributed by atoms with Crippen LogP contribution in [0.4, 0.5) is 0 Å². The van der Waals surface area contributed by atoms with Crippen molar-refractivity contribution in [2.75, 3.05) is 46.6 Å². The number of nitrogens with one attached hydrogen (secondary N) is 2. The van der Waals surface area contributed by atoms with E-state index in [1.165, 1.54) is 16.9 Å². The molecule has 0 aliphatic carbocycles. The Bertz CT molecular complexity index is 1890. The first-order chi connectivity index (χ1) is 28.9. The normalized spacial score (nSPS) is 25.8. The van der Waals surface area contributed by atoms with E-state index >= 15 is 0 Å². The molecule has 2 aromatic rings. The molecular weight excluding hydrogens is 789 g/mol. The van der Waals surface area contributed by atoms with Gasteiger partial charge >= 0.3 is 11.9 Å². The molecule has 2 saturated heterocycles. The van der Waals surface area contributed by atoms with Gasteiger partial charge in [0.15, 0.2) is 0 Å². The van der Waals surface area contributed by atoms with Gasteiger partial charge in [0.05, 0.1) is 32.5 Å². The fourth-order valence-electron chi connectivity index (χ4n) is 7.72. The maximum Gasteiger partial charge on any atom is 0.328 e. The molecule has 4 heterocycles. The van der Waals surface area contributed by atoms with Gasteiger partial charge in [0, 0.05) is 50.3 Å². The Morgan fingerprint density at radius 2 is 1.07 bits per heavy atom. The first-order valence-corrected chi connectivity index (χ1v) is 21.1.